The number of alkyl halides is 3. The summed E-state index contributed by atoms with van der Waals surface area (Å²) in [6.07, 6.45) is -6.21. The molecule has 0 aliphatic carbocycles. The van der Waals surface area contributed by atoms with Crippen molar-refractivity contribution in [3.63, 3.8) is 0 Å². The van der Waals surface area contributed by atoms with Gasteiger partial charge >= 0.3 is 12.1 Å². The van der Waals surface area contributed by atoms with Gasteiger partial charge in [0, 0.05) is 28.8 Å². The average Bonchev–Trinajstić information content (AvgIpc) is 3.25. The number of carbonyl (C=O) groups excluding carboxylic acids is 2. The molecule has 4 aromatic rings. The number of amides is 1. The van der Waals surface area contributed by atoms with Crippen molar-refractivity contribution in [2.45, 2.75) is 25.8 Å². The number of para-hydroxylation sites is 1. The van der Waals surface area contributed by atoms with Crippen molar-refractivity contribution in [1.29, 1.82) is 0 Å². The first-order valence-electron chi connectivity index (χ1n) is 11.2. The molecule has 3 aromatic carbocycles. The maximum atomic E-state index is 13.3. The Labute approximate surface area is 214 Å². The molecule has 0 fully saturated rings. The van der Waals surface area contributed by atoms with E-state index in [1.54, 1.807) is 61.5 Å². The molecular formula is C27H21ClF3NO5. The molecule has 1 aromatic heterocycles. The largest absolute Gasteiger partial charge is 0.449 e. The summed E-state index contributed by atoms with van der Waals surface area (Å²) >= 11 is 5.67. The van der Waals surface area contributed by atoms with Crippen LogP contribution in [0.3, 0.4) is 0 Å². The topological polar surface area (TPSA) is 77.8 Å². The van der Waals surface area contributed by atoms with E-state index < -0.39 is 34.7 Å². The van der Waals surface area contributed by atoms with Gasteiger partial charge in [-0.15, -0.1) is 0 Å². The molecule has 192 valence electrons. The summed E-state index contributed by atoms with van der Waals surface area (Å²) < 4.78 is 56.6. The number of rotatable bonds is 8. The number of furan rings is 1. The summed E-state index contributed by atoms with van der Waals surface area (Å²) in [6, 6.07) is 18.0. The average molecular weight is 532 g/mol. The molecule has 0 saturated heterocycles. The highest BCUT2D eigenvalue weighted by atomic mass is 35.5. The molecule has 0 bridgehead atoms. The molecule has 6 nitrogen and oxygen atoms in total. The molecule has 0 spiro atoms. The summed E-state index contributed by atoms with van der Waals surface area (Å²) in [4.78, 5) is 26.4. The van der Waals surface area contributed by atoms with Crippen molar-refractivity contribution in [3.8, 4) is 0 Å². The number of halogens is 4. The number of carbonyl (C=O) groups is 2. The Bertz CT molecular complexity index is 1420. The number of fused-ring (bicyclic) bond motifs is 1. The number of benzene rings is 3. The van der Waals surface area contributed by atoms with E-state index in [2.05, 4.69) is 5.32 Å². The van der Waals surface area contributed by atoms with Gasteiger partial charge in [-0.05, 0) is 31.2 Å². The van der Waals surface area contributed by atoms with Crippen molar-refractivity contribution in [2.75, 3.05) is 11.9 Å². The third-order valence-electron chi connectivity index (χ3n) is 5.44. The smallest absolute Gasteiger partial charge is 0.417 e. The second kappa shape index (κ2) is 11.1. The molecule has 1 atom stereocenters. The van der Waals surface area contributed by atoms with Crippen LogP contribution in [0.5, 0.6) is 0 Å². The van der Waals surface area contributed by atoms with Crippen LogP contribution in [0.15, 0.2) is 77.2 Å². The summed E-state index contributed by atoms with van der Waals surface area (Å²) in [5.41, 5.74) is -0.0729. The lowest BCUT2D eigenvalue weighted by atomic mass is 10.1. The Morgan fingerprint density at radius 2 is 1.73 bits per heavy atom. The quantitative estimate of drug-likeness (QED) is 0.244. The Kier molecular flexibility index (Phi) is 7.85. The zero-order valence-electron chi connectivity index (χ0n) is 19.5. The number of ether oxygens (including phenoxy) is 2. The van der Waals surface area contributed by atoms with Gasteiger partial charge in [-0.25, -0.2) is 4.79 Å². The van der Waals surface area contributed by atoms with Crippen LogP contribution in [0.25, 0.3) is 11.0 Å². The third kappa shape index (κ3) is 5.95. The Balaban J connectivity index is 1.66. The lowest BCUT2D eigenvalue weighted by Gasteiger charge is -2.18. The van der Waals surface area contributed by atoms with Crippen molar-refractivity contribution < 1.29 is 36.7 Å². The minimum Gasteiger partial charge on any atom is -0.449 e. The van der Waals surface area contributed by atoms with Gasteiger partial charge < -0.3 is 19.2 Å². The Morgan fingerprint density at radius 1 is 1.03 bits per heavy atom. The van der Waals surface area contributed by atoms with E-state index in [4.69, 9.17) is 25.5 Å². The summed E-state index contributed by atoms with van der Waals surface area (Å²) in [6.45, 7) is 2.27. The fraction of sp³-hybridized carbons (Fsp3) is 0.185. The van der Waals surface area contributed by atoms with Gasteiger partial charge in [0.2, 0.25) is 11.9 Å². The predicted octanol–water partition coefficient (Wildman–Crippen LogP) is 7.18. The monoisotopic (exact) mass is 531 g/mol. The first-order valence-corrected chi connectivity index (χ1v) is 11.6. The van der Waals surface area contributed by atoms with Crippen LogP contribution in [0.2, 0.25) is 5.02 Å². The van der Waals surface area contributed by atoms with Gasteiger partial charge in [-0.1, -0.05) is 60.1 Å². The van der Waals surface area contributed by atoms with Crippen LogP contribution in [-0.2, 0) is 27.1 Å². The number of anilines is 1. The fourth-order valence-electron chi connectivity index (χ4n) is 3.70. The molecule has 1 N–H and O–H groups in total. The van der Waals surface area contributed by atoms with Gasteiger partial charge in [-0.3, -0.25) is 4.79 Å². The maximum absolute atomic E-state index is 13.3. The summed E-state index contributed by atoms with van der Waals surface area (Å²) in [5, 5.41) is 2.53. The van der Waals surface area contributed by atoms with Crippen molar-refractivity contribution in [2.24, 2.45) is 0 Å². The van der Waals surface area contributed by atoms with Crippen LogP contribution in [0.4, 0.5) is 18.9 Å². The predicted molar refractivity (Wildman–Crippen MR) is 131 cm³/mol. The van der Waals surface area contributed by atoms with Crippen LogP contribution in [0, 0.1) is 0 Å². The van der Waals surface area contributed by atoms with Gasteiger partial charge in [-0.2, -0.15) is 13.2 Å². The minimum atomic E-state index is -4.72. The molecule has 0 aliphatic rings. The van der Waals surface area contributed by atoms with E-state index in [9.17, 15) is 22.8 Å². The zero-order chi connectivity index (χ0) is 26.6. The number of nitrogens with one attached hydrogen (secondary N) is 1. The number of hydrogen-bond donors (Lipinski definition) is 1. The second-order valence-electron chi connectivity index (χ2n) is 7.92. The van der Waals surface area contributed by atoms with Crippen LogP contribution >= 0.6 is 11.6 Å². The van der Waals surface area contributed by atoms with Crippen molar-refractivity contribution >= 4 is 40.1 Å². The normalized spacial score (nSPS) is 12.4. The molecule has 4 rings (SSSR count). The van der Waals surface area contributed by atoms with Gasteiger partial charge in [0.25, 0.3) is 5.91 Å². The molecule has 0 saturated carbocycles. The molecular weight excluding hydrogens is 511 g/mol. The van der Waals surface area contributed by atoms with E-state index in [1.807, 2.05) is 0 Å². The van der Waals surface area contributed by atoms with Gasteiger partial charge in [0.15, 0.2) is 0 Å². The van der Waals surface area contributed by atoms with E-state index in [0.717, 1.165) is 6.07 Å². The molecule has 1 amide bonds. The van der Waals surface area contributed by atoms with Gasteiger partial charge in [0.05, 0.1) is 17.2 Å². The van der Waals surface area contributed by atoms with Crippen LogP contribution < -0.4 is 5.32 Å². The molecule has 0 aliphatic heterocycles. The van der Waals surface area contributed by atoms with E-state index in [-0.39, 0.29) is 18.1 Å². The minimum absolute atomic E-state index is 0.0745. The van der Waals surface area contributed by atoms with Gasteiger partial charge in [0.1, 0.15) is 5.58 Å². The lowest BCUT2D eigenvalue weighted by molar-refractivity contribution is -0.137. The first kappa shape index (κ1) is 26.2. The lowest BCUT2D eigenvalue weighted by Crippen LogP contribution is -2.26. The molecule has 10 heteroatoms. The van der Waals surface area contributed by atoms with Crippen molar-refractivity contribution in [3.05, 3.63) is 100 Å². The van der Waals surface area contributed by atoms with E-state index >= 15 is 0 Å². The van der Waals surface area contributed by atoms with E-state index in [1.165, 1.54) is 6.07 Å². The summed E-state index contributed by atoms with van der Waals surface area (Å²) in [7, 11) is 0. The SMILES string of the molecule is CCOCc1c(C(=O)O[C@@H](C(=O)Nc2ccc(Cl)c(C(F)(F)F)c2)c2ccccc2)oc2ccccc12. The third-order valence-corrected chi connectivity index (χ3v) is 5.77. The second-order valence-corrected chi connectivity index (χ2v) is 8.33. The Morgan fingerprint density at radius 3 is 2.43 bits per heavy atom. The zero-order valence-corrected chi connectivity index (χ0v) is 20.2. The molecule has 0 unspecified atom stereocenters. The molecule has 1 heterocycles. The van der Waals surface area contributed by atoms with Crippen molar-refractivity contribution in [1.82, 2.24) is 0 Å². The maximum Gasteiger partial charge on any atom is 0.417 e. The highest BCUT2D eigenvalue weighted by Crippen LogP contribution is 2.36. The highest BCUT2D eigenvalue weighted by Gasteiger charge is 2.34. The fourth-order valence-corrected chi connectivity index (χ4v) is 3.93. The van der Waals surface area contributed by atoms with Crippen LogP contribution in [-0.4, -0.2) is 18.5 Å². The first-order chi connectivity index (χ1) is 17.7. The van der Waals surface area contributed by atoms with Crippen LogP contribution in [0.1, 0.15) is 40.3 Å². The molecule has 0 radical (unpaired) electrons. The summed E-state index contributed by atoms with van der Waals surface area (Å²) in [5.74, 6) is -1.92. The molecule has 37 heavy (non-hydrogen) atoms. The Hall–Kier alpha value is -3.82. The number of hydrogen-bond acceptors (Lipinski definition) is 5. The number of esters is 1. The van der Waals surface area contributed by atoms with E-state index in [0.29, 0.717) is 34.8 Å². The highest BCUT2D eigenvalue weighted by molar-refractivity contribution is 6.31. The standard InChI is InChI=1S/C27H21ClF3NO5/c1-2-35-15-19-18-10-6-7-11-22(18)36-24(19)26(34)37-23(16-8-4-3-5-9-16)25(33)32-17-12-13-21(28)20(14-17)27(29,30)31/h3-14,23H,2,15H2,1H3,(H,32,33)/t23-/m1/s1.